The molecule has 0 aliphatic heterocycles. The number of unbranched alkanes of at least 4 members (excludes halogenated alkanes) is 20. The van der Waals surface area contributed by atoms with E-state index in [2.05, 4.69) is 27.7 Å². The van der Waals surface area contributed by atoms with Gasteiger partial charge in [-0.3, -0.25) is 14.1 Å². The largest absolute Gasteiger partial charge is 0.465 e. The van der Waals surface area contributed by atoms with Crippen LogP contribution in [0.15, 0.2) is 0 Å². The standard InChI is InChI=1S/C36H70O7S/c1-5-9-13-17-21-25-29-36(30-26-22-18-14-10-6-2,35(38)43-32-28-24-20-16-12-8-4)33(44(39,40)41)34(37)42-31-27-23-19-15-11-7-3/h33H,5-32H2,1-4H3,(H,39,40,41). The average molecular weight is 647 g/mol. The van der Waals surface area contributed by atoms with Gasteiger partial charge in [-0.1, -0.05) is 169 Å². The zero-order chi connectivity index (χ0) is 32.9. The minimum Gasteiger partial charge on any atom is -0.465 e. The highest BCUT2D eigenvalue weighted by Gasteiger charge is 2.56. The van der Waals surface area contributed by atoms with E-state index in [1.165, 1.54) is 6.42 Å². The van der Waals surface area contributed by atoms with Crippen molar-refractivity contribution in [3.05, 3.63) is 0 Å². The molecule has 0 aromatic heterocycles. The monoisotopic (exact) mass is 646 g/mol. The Labute approximate surface area is 272 Å². The van der Waals surface area contributed by atoms with Gasteiger partial charge in [-0.25, -0.2) is 0 Å². The van der Waals surface area contributed by atoms with Gasteiger partial charge in [-0.05, 0) is 25.7 Å². The average Bonchev–Trinajstić information content (AvgIpc) is 2.98. The molecule has 0 spiro atoms. The lowest BCUT2D eigenvalue weighted by atomic mass is 9.74. The van der Waals surface area contributed by atoms with E-state index in [9.17, 15) is 22.6 Å². The summed E-state index contributed by atoms with van der Waals surface area (Å²) in [6.45, 7) is 8.88. The van der Waals surface area contributed by atoms with E-state index in [1.54, 1.807) is 0 Å². The molecular formula is C36H70O7S. The zero-order valence-corrected chi connectivity index (χ0v) is 30.0. The fourth-order valence-electron chi connectivity index (χ4n) is 6.09. The lowest BCUT2D eigenvalue weighted by Crippen LogP contribution is -2.52. The molecule has 8 heteroatoms. The van der Waals surface area contributed by atoms with Crippen LogP contribution in [0.3, 0.4) is 0 Å². The molecule has 0 aliphatic rings. The molecular weight excluding hydrogens is 576 g/mol. The second-order valence-corrected chi connectivity index (χ2v) is 14.4. The van der Waals surface area contributed by atoms with Gasteiger partial charge in [0.15, 0.2) is 5.25 Å². The molecule has 0 aromatic rings. The normalized spacial score (nSPS) is 12.8. The van der Waals surface area contributed by atoms with E-state index in [0.29, 0.717) is 25.7 Å². The third-order valence-corrected chi connectivity index (χ3v) is 10.1. The van der Waals surface area contributed by atoms with Crippen LogP contribution in [-0.2, 0) is 29.2 Å². The van der Waals surface area contributed by atoms with Gasteiger partial charge in [-0.15, -0.1) is 0 Å². The maximum atomic E-state index is 14.0. The molecule has 0 radical (unpaired) electrons. The number of esters is 2. The summed E-state index contributed by atoms with van der Waals surface area (Å²) in [6, 6.07) is 0. The van der Waals surface area contributed by atoms with Gasteiger partial charge in [0.2, 0.25) is 0 Å². The number of carbonyl (C=O) groups is 2. The minimum atomic E-state index is -4.95. The molecule has 0 aliphatic carbocycles. The van der Waals surface area contributed by atoms with Crippen molar-refractivity contribution in [2.75, 3.05) is 13.2 Å². The Morgan fingerprint density at radius 3 is 1.20 bits per heavy atom. The highest BCUT2D eigenvalue weighted by molar-refractivity contribution is 7.87. The van der Waals surface area contributed by atoms with Crippen LogP contribution in [0.2, 0.25) is 0 Å². The van der Waals surface area contributed by atoms with Crippen molar-refractivity contribution in [2.45, 2.75) is 200 Å². The van der Waals surface area contributed by atoms with Crippen molar-refractivity contribution in [3.63, 3.8) is 0 Å². The van der Waals surface area contributed by atoms with Crippen LogP contribution >= 0.6 is 0 Å². The van der Waals surface area contributed by atoms with Gasteiger partial charge in [0.05, 0.1) is 18.6 Å². The maximum absolute atomic E-state index is 14.0. The first-order chi connectivity index (χ1) is 21.2. The molecule has 44 heavy (non-hydrogen) atoms. The predicted molar refractivity (Wildman–Crippen MR) is 182 cm³/mol. The zero-order valence-electron chi connectivity index (χ0n) is 29.2. The second kappa shape index (κ2) is 28.1. The van der Waals surface area contributed by atoms with E-state index < -0.39 is 32.7 Å². The summed E-state index contributed by atoms with van der Waals surface area (Å²) in [7, 11) is -4.95. The first-order valence-corrected chi connectivity index (χ1v) is 20.0. The van der Waals surface area contributed by atoms with Crippen molar-refractivity contribution in [3.8, 4) is 0 Å². The lowest BCUT2D eigenvalue weighted by Gasteiger charge is -2.36. The number of ether oxygens (including phenoxy) is 2. The van der Waals surface area contributed by atoms with Gasteiger partial charge in [0, 0.05) is 0 Å². The summed E-state index contributed by atoms with van der Waals surface area (Å²) in [4.78, 5) is 27.5. The van der Waals surface area contributed by atoms with Crippen molar-refractivity contribution in [2.24, 2.45) is 5.41 Å². The van der Waals surface area contributed by atoms with Crippen molar-refractivity contribution in [1.29, 1.82) is 0 Å². The minimum absolute atomic E-state index is 0.0773. The SMILES string of the molecule is CCCCCCCCOC(=O)C(C(CCCCCCCC)(CCCCCCCC)C(=O)OCCCCCCCC)S(=O)(=O)O. The highest BCUT2D eigenvalue weighted by Crippen LogP contribution is 2.41. The molecule has 1 N–H and O–H groups in total. The van der Waals surface area contributed by atoms with Crippen LogP contribution < -0.4 is 0 Å². The number of carbonyl (C=O) groups excluding carboxylic acids is 2. The molecule has 0 aromatic carbocycles. The maximum Gasteiger partial charge on any atom is 0.328 e. The molecule has 262 valence electrons. The quantitative estimate of drug-likeness (QED) is 0.0440. The van der Waals surface area contributed by atoms with Gasteiger partial charge >= 0.3 is 11.9 Å². The van der Waals surface area contributed by atoms with E-state index in [1.807, 2.05) is 0 Å². The van der Waals surface area contributed by atoms with Crippen molar-refractivity contribution >= 4 is 22.1 Å². The predicted octanol–water partition coefficient (Wildman–Crippen LogP) is 10.5. The molecule has 0 fully saturated rings. The topological polar surface area (TPSA) is 107 Å². The molecule has 0 amide bonds. The third-order valence-electron chi connectivity index (χ3n) is 8.85. The Morgan fingerprint density at radius 1 is 0.523 bits per heavy atom. The van der Waals surface area contributed by atoms with Crippen LogP contribution in [0.1, 0.15) is 195 Å². The number of hydrogen-bond acceptors (Lipinski definition) is 6. The molecule has 0 heterocycles. The summed E-state index contributed by atoms with van der Waals surface area (Å²) in [5.41, 5.74) is -1.66. The number of rotatable bonds is 32. The molecule has 0 rings (SSSR count). The summed E-state index contributed by atoms with van der Waals surface area (Å²) in [6.07, 6.45) is 23.9. The lowest BCUT2D eigenvalue weighted by molar-refractivity contribution is -0.164. The summed E-state index contributed by atoms with van der Waals surface area (Å²) in [5, 5.41) is -1.97. The Hall–Kier alpha value is -1.15. The van der Waals surface area contributed by atoms with Gasteiger partial charge in [-0.2, -0.15) is 8.42 Å². The van der Waals surface area contributed by atoms with Gasteiger partial charge < -0.3 is 9.47 Å². The summed E-state index contributed by atoms with van der Waals surface area (Å²) >= 11 is 0. The fourth-order valence-corrected chi connectivity index (χ4v) is 7.31. The van der Waals surface area contributed by atoms with Gasteiger partial charge in [0.1, 0.15) is 0 Å². The molecule has 0 bridgehead atoms. The number of hydrogen-bond donors (Lipinski definition) is 1. The smallest absolute Gasteiger partial charge is 0.328 e. The van der Waals surface area contributed by atoms with E-state index in [4.69, 9.17) is 9.47 Å². The van der Waals surface area contributed by atoms with Crippen LogP contribution in [0.4, 0.5) is 0 Å². The second-order valence-electron chi connectivity index (χ2n) is 12.9. The van der Waals surface area contributed by atoms with Crippen LogP contribution in [0.5, 0.6) is 0 Å². The Bertz CT molecular complexity index is 780. The Morgan fingerprint density at radius 2 is 0.841 bits per heavy atom. The Balaban J connectivity index is 5.96. The van der Waals surface area contributed by atoms with E-state index in [-0.39, 0.29) is 26.1 Å². The van der Waals surface area contributed by atoms with Crippen molar-refractivity contribution < 1.29 is 32.0 Å². The summed E-state index contributed by atoms with van der Waals surface area (Å²) in [5.74, 6) is -1.69. The molecule has 0 saturated carbocycles. The van der Waals surface area contributed by atoms with Crippen LogP contribution in [0.25, 0.3) is 0 Å². The van der Waals surface area contributed by atoms with Gasteiger partial charge in [0.25, 0.3) is 10.1 Å². The fraction of sp³-hybridized carbons (Fsp3) is 0.944. The van der Waals surface area contributed by atoms with Crippen molar-refractivity contribution in [1.82, 2.24) is 0 Å². The molecule has 1 atom stereocenters. The third kappa shape index (κ3) is 20.1. The molecule has 0 saturated heterocycles. The molecule has 1 unspecified atom stereocenters. The van der Waals surface area contributed by atoms with Crippen LogP contribution in [0, 0.1) is 5.41 Å². The molecule has 7 nitrogen and oxygen atoms in total. The van der Waals surface area contributed by atoms with E-state index >= 15 is 0 Å². The van der Waals surface area contributed by atoms with E-state index in [0.717, 1.165) is 122 Å². The summed E-state index contributed by atoms with van der Waals surface area (Å²) < 4.78 is 47.8. The Kier molecular flexibility index (Phi) is 27.4. The first kappa shape index (κ1) is 42.9. The first-order valence-electron chi connectivity index (χ1n) is 18.5. The van der Waals surface area contributed by atoms with Crippen LogP contribution in [-0.4, -0.2) is 43.4 Å². The highest BCUT2D eigenvalue weighted by atomic mass is 32.2.